The second-order valence-corrected chi connectivity index (χ2v) is 14.0. The maximum absolute atomic E-state index is 15.2. The number of nitrogens with zero attached hydrogens (tertiary/aromatic N) is 3. The summed E-state index contributed by atoms with van der Waals surface area (Å²) < 4.78 is 16.7. The third-order valence-electron chi connectivity index (χ3n) is 8.89. The summed E-state index contributed by atoms with van der Waals surface area (Å²) >= 11 is 7.71. The first-order valence-corrected chi connectivity index (χ1v) is 17.7. The number of fused-ring (bicyclic) bond motifs is 1. The van der Waals surface area contributed by atoms with E-state index in [9.17, 15) is 4.79 Å². The quantitative estimate of drug-likeness (QED) is 0.0913. The van der Waals surface area contributed by atoms with Crippen LogP contribution in [0, 0.1) is 11.2 Å². The number of aromatic nitrogens is 3. The molecular weight excluding hydrogens is 621 g/mol. The van der Waals surface area contributed by atoms with Crippen LogP contribution in [-0.2, 0) is 6.42 Å². The fourth-order valence-electron chi connectivity index (χ4n) is 6.67. The lowest BCUT2D eigenvalue weighted by atomic mass is 9.99. The van der Waals surface area contributed by atoms with Gasteiger partial charge in [-0.2, -0.15) is 4.98 Å². The molecule has 11 heteroatoms. The van der Waals surface area contributed by atoms with Crippen molar-refractivity contribution in [2.24, 2.45) is 11.5 Å². The monoisotopic (exact) mass is 665 g/mol. The number of benzene rings is 2. The number of likely N-dealkylation sites (tertiary alicyclic amines) is 1. The van der Waals surface area contributed by atoms with Gasteiger partial charge in [-0.15, -0.1) is 0 Å². The first-order valence-electron chi connectivity index (χ1n) is 16.3. The average molecular weight is 666 g/mol. The molecule has 0 saturated carbocycles. The number of rotatable bonds is 12. The first kappa shape index (κ1) is 34.2. The molecule has 0 bridgehead atoms. The molecule has 4 aromatic rings. The number of nitrogens with one attached hydrogen (secondary N) is 2. The van der Waals surface area contributed by atoms with Gasteiger partial charge in [0.05, 0.1) is 16.4 Å². The lowest BCUT2D eigenvalue weighted by Crippen LogP contribution is -2.38. The highest BCUT2D eigenvalue weighted by molar-refractivity contribution is 8.13. The van der Waals surface area contributed by atoms with Crippen LogP contribution in [0.2, 0.25) is 5.02 Å². The molecule has 246 valence electrons. The first-order chi connectivity index (χ1) is 22.1. The number of aryl methyl sites for hydroxylation is 1. The van der Waals surface area contributed by atoms with Crippen molar-refractivity contribution in [3.05, 3.63) is 81.1 Å². The Bertz CT molecular complexity index is 1700. The van der Waals surface area contributed by atoms with Crippen LogP contribution in [-0.4, -0.2) is 49.0 Å². The van der Waals surface area contributed by atoms with Gasteiger partial charge in [-0.05, 0) is 99.9 Å². The molecular formula is C35H45ClFN7OS. The predicted molar refractivity (Wildman–Crippen MR) is 190 cm³/mol. The fraction of sp³-hybridized carbons (Fsp3) is 0.457. The molecule has 0 radical (unpaired) electrons. The molecule has 2 aromatic carbocycles. The van der Waals surface area contributed by atoms with Crippen molar-refractivity contribution in [3.63, 3.8) is 0 Å². The van der Waals surface area contributed by atoms with Gasteiger partial charge >= 0.3 is 5.69 Å². The summed E-state index contributed by atoms with van der Waals surface area (Å²) in [4.78, 5) is 23.3. The maximum atomic E-state index is 15.2. The molecule has 0 spiro atoms. The SMILES string of the molecule is CCCN1[C@H](CCSC(=N)N)CCCC[C@H]1c1ccc(-n2cc3cc(-c4cc(CCC[C@H](C)N)cc(Cl)c4F)[nH]c3nc2=O)cc1. The van der Waals surface area contributed by atoms with E-state index >= 15 is 4.39 Å². The van der Waals surface area contributed by atoms with Crippen LogP contribution in [0.1, 0.15) is 82.4 Å². The van der Waals surface area contributed by atoms with Crippen molar-refractivity contribution < 1.29 is 4.39 Å². The summed E-state index contributed by atoms with van der Waals surface area (Å²) in [5.74, 6) is 0.343. The van der Waals surface area contributed by atoms with Crippen LogP contribution in [0.15, 0.2) is 53.5 Å². The van der Waals surface area contributed by atoms with Gasteiger partial charge in [-0.1, -0.05) is 55.3 Å². The van der Waals surface area contributed by atoms with Crippen molar-refractivity contribution in [1.82, 2.24) is 19.4 Å². The molecule has 0 amide bonds. The average Bonchev–Trinajstić information content (AvgIpc) is 3.32. The standard InChI is InChI=1S/C35H45ClFN7OS/c1-3-16-43-26(15-17-46-34(39)40)9-4-5-10-31(43)24-11-13-27(14-12-24)44-21-25-20-30(41-33(25)42-35(44)45)28-18-23(8-6-7-22(2)38)19-29(36)32(28)37/h11-14,18-22,26,31H,3-10,15-17,38H2,1-2H3,(H3,39,40)(H,41,42,45)/t22-,26-,31-/m0/s1. The summed E-state index contributed by atoms with van der Waals surface area (Å²) in [6.07, 6.45) is 10.9. The zero-order valence-electron chi connectivity index (χ0n) is 26.7. The number of H-pyrrole nitrogens is 1. The lowest BCUT2D eigenvalue weighted by molar-refractivity contribution is 0.132. The van der Waals surface area contributed by atoms with Gasteiger partial charge in [0.15, 0.2) is 11.0 Å². The van der Waals surface area contributed by atoms with Gasteiger partial charge in [-0.25, -0.2) is 9.18 Å². The number of amidine groups is 1. The molecule has 1 saturated heterocycles. The molecule has 46 heavy (non-hydrogen) atoms. The number of nitrogens with two attached hydrogens (primary N) is 2. The van der Waals surface area contributed by atoms with E-state index in [1.165, 1.54) is 34.7 Å². The molecule has 3 atom stereocenters. The summed E-state index contributed by atoms with van der Waals surface area (Å²) in [6, 6.07) is 14.4. The number of hydrogen-bond donors (Lipinski definition) is 4. The maximum Gasteiger partial charge on any atom is 0.354 e. The van der Waals surface area contributed by atoms with E-state index < -0.39 is 11.5 Å². The van der Waals surface area contributed by atoms with Crippen molar-refractivity contribution >= 4 is 39.6 Å². The van der Waals surface area contributed by atoms with Crippen molar-refractivity contribution in [2.75, 3.05) is 12.3 Å². The summed E-state index contributed by atoms with van der Waals surface area (Å²) in [6.45, 7) is 5.21. The minimum Gasteiger partial charge on any atom is -0.379 e. The third kappa shape index (κ3) is 8.20. The van der Waals surface area contributed by atoms with E-state index in [-0.39, 0.29) is 16.2 Å². The van der Waals surface area contributed by atoms with Gasteiger partial charge in [0.1, 0.15) is 5.65 Å². The van der Waals surface area contributed by atoms with Crippen molar-refractivity contribution in [1.29, 1.82) is 5.41 Å². The molecule has 6 N–H and O–H groups in total. The van der Waals surface area contributed by atoms with E-state index in [0.29, 0.717) is 34.4 Å². The number of thioether (sulfide) groups is 1. The number of hydrogen-bond acceptors (Lipinski definition) is 6. The van der Waals surface area contributed by atoms with E-state index in [1.807, 2.05) is 25.1 Å². The zero-order chi connectivity index (χ0) is 32.8. The number of halogens is 2. The summed E-state index contributed by atoms with van der Waals surface area (Å²) in [5, 5.41) is 8.51. The Balaban J connectivity index is 1.40. The zero-order valence-corrected chi connectivity index (χ0v) is 28.3. The van der Waals surface area contributed by atoms with Crippen molar-refractivity contribution in [3.8, 4) is 16.9 Å². The Kier molecular flexibility index (Phi) is 11.6. The van der Waals surface area contributed by atoms with Crippen LogP contribution < -0.4 is 17.2 Å². The van der Waals surface area contributed by atoms with Crippen LogP contribution in [0.25, 0.3) is 28.0 Å². The van der Waals surface area contributed by atoms with Gasteiger partial charge in [0.25, 0.3) is 0 Å². The minimum absolute atomic E-state index is 0.0621. The highest BCUT2D eigenvalue weighted by Gasteiger charge is 2.29. The van der Waals surface area contributed by atoms with Crippen LogP contribution in [0.5, 0.6) is 0 Å². The molecule has 1 aliphatic heterocycles. The molecule has 3 heterocycles. The molecule has 5 rings (SSSR count). The Hall–Kier alpha value is -3.18. The molecule has 1 aliphatic rings. The van der Waals surface area contributed by atoms with Gasteiger partial charge in [0, 0.05) is 41.0 Å². The second kappa shape index (κ2) is 15.6. The third-order valence-corrected chi connectivity index (χ3v) is 9.92. The normalized spacial score (nSPS) is 18.1. The Labute approximate surface area is 279 Å². The highest BCUT2D eigenvalue weighted by atomic mass is 35.5. The highest BCUT2D eigenvalue weighted by Crippen LogP contribution is 2.36. The fourth-order valence-corrected chi connectivity index (χ4v) is 7.52. The van der Waals surface area contributed by atoms with Gasteiger partial charge in [0.2, 0.25) is 0 Å². The Morgan fingerprint density at radius 3 is 2.70 bits per heavy atom. The molecule has 0 aliphatic carbocycles. The van der Waals surface area contributed by atoms with Crippen LogP contribution in [0.3, 0.4) is 0 Å². The molecule has 0 unspecified atom stereocenters. The van der Waals surface area contributed by atoms with Gasteiger partial charge in [-0.3, -0.25) is 14.9 Å². The molecule has 1 fully saturated rings. The largest absolute Gasteiger partial charge is 0.379 e. The van der Waals surface area contributed by atoms with Gasteiger partial charge < -0.3 is 16.5 Å². The van der Waals surface area contributed by atoms with E-state index in [4.69, 9.17) is 28.5 Å². The smallest absolute Gasteiger partial charge is 0.354 e. The molecule has 8 nitrogen and oxygen atoms in total. The van der Waals surface area contributed by atoms with E-state index in [1.54, 1.807) is 18.3 Å². The summed E-state index contributed by atoms with van der Waals surface area (Å²) in [7, 11) is 0. The Morgan fingerprint density at radius 2 is 1.98 bits per heavy atom. The Morgan fingerprint density at radius 1 is 1.22 bits per heavy atom. The molecule has 2 aromatic heterocycles. The summed E-state index contributed by atoms with van der Waals surface area (Å²) in [5.41, 5.74) is 15.2. The minimum atomic E-state index is -0.509. The van der Waals surface area contributed by atoms with Crippen LogP contribution in [0.4, 0.5) is 4.39 Å². The number of aromatic amines is 1. The topological polar surface area (TPSA) is 130 Å². The van der Waals surface area contributed by atoms with E-state index in [2.05, 4.69) is 33.9 Å². The van der Waals surface area contributed by atoms with Crippen molar-refractivity contribution in [2.45, 2.75) is 89.8 Å². The van der Waals surface area contributed by atoms with Crippen LogP contribution >= 0.6 is 23.4 Å². The predicted octanol–water partition coefficient (Wildman–Crippen LogP) is 7.56. The lowest BCUT2D eigenvalue weighted by Gasteiger charge is -2.37. The van der Waals surface area contributed by atoms with E-state index in [0.717, 1.165) is 68.5 Å². The second-order valence-electron chi connectivity index (χ2n) is 12.5.